The first-order valence-electron chi connectivity index (χ1n) is 4.41. The molecule has 0 aromatic heterocycles. The van der Waals surface area contributed by atoms with Crippen LogP contribution in [-0.2, 0) is 11.2 Å². The number of hydrogen-bond donors (Lipinski definition) is 3. The monoisotopic (exact) mass is 194 g/mol. The minimum atomic E-state index is -0.512. The lowest BCUT2D eigenvalue weighted by atomic mass is 10.1. The summed E-state index contributed by atoms with van der Waals surface area (Å²) in [5.41, 5.74) is 6.17. The number of carbonyl (C=O) groups is 1. The smallest absolute Gasteiger partial charge is 0.234 e. The zero-order valence-electron chi connectivity index (χ0n) is 7.81. The van der Waals surface area contributed by atoms with Crippen LogP contribution in [0.1, 0.15) is 5.56 Å². The number of aliphatic hydroxyl groups is 1. The molecule has 4 N–H and O–H groups in total. The topological polar surface area (TPSA) is 75.4 Å². The molecule has 1 unspecified atom stereocenters. The van der Waals surface area contributed by atoms with Gasteiger partial charge in [-0.2, -0.15) is 0 Å². The molecule has 0 aliphatic rings. The molecule has 0 saturated carbocycles. The fourth-order valence-electron chi connectivity index (χ4n) is 1.23. The second-order valence-electron chi connectivity index (χ2n) is 3.01. The number of carbonyl (C=O) groups excluding carboxylic acids is 1. The molecule has 1 rings (SSSR count). The van der Waals surface area contributed by atoms with Crippen molar-refractivity contribution in [1.29, 1.82) is 0 Å². The van der Waals surface area contributed by atoms with E-state index in [1.54, 1.807) is 0 Å². The molecule has 0 saturated heterocycles. The first-order valence-corrected chi connectivity index (χ1v) is 4.41. The number of hydrogen-bond acceptors (Lipinski definition) is 3. The average molecular weight is 194 g/mol. The van der Waals surface area contributed by atoms with Crippen LogP contribution in [0.3, 0.4) is 0 Å². The van der Waals surface area contributed by atoms with Gasteiger partial charge in [0.1, 0.15) is 0 Å². The normalized spacial score (nSPS) is 12.4. The largest absolute Gasteiger partial charge is 0.381 e. The third-order valence-corrected chi connectivity index (χ3v) is 1.96. The van der Waals surface area contributed by atoms with Crippen molar-refractivity contribution in [3.63, 3.8) is 0 Å². The lowest BCUT2D eigenvalue weighted by Crippen LogP contribution is -2.43. The highest BCUT2D eigenvalue weighted by Gasteiger charge is 2.13. The maximum Gasteiger partial charge on any atom is 0.234 e. The van der Waals surface area contributed by atoms with Crippen molar-refractivity contribution in [2.45, 2.75) is 12.5 Å². The van der Waals surface area contributed by atoms with Gasteiger partial charge in [0.25, 0.3) is 0 Å². The third kappa shape index (κ3) is 3.16. The number of aliphatic hydroxyl groups excluding tert-OH is 1. The molecule has 1 amide bonds. The fourth-order valence-corrected chi connectivity index (χ4v) is 1.23. The summed E-state index contributed by atoms with van der Waals surface area (Å²) in [5.74, 6) is -0.456. The van der Waals surface area contributed by atoms with Crippen molar-refractivity contribution < 1.29 is 9.90 Å². The van der Waals surface area contributed by atoms with Crippen molar-refractivity contribution in [2.75, 3.05) is 6.73 Å². The summed E-state index contributed by atoms with van der Waals surface area (Å²) in [7, 11) is 0. The Morgan fingerprint density at radius 3 is 2.57 bits per heavy atom. The zero-order chi connectivity index (χ0) is 10.4. The van der Waals surface area contributed by atoms with Crippen LogP contribution >= 0.6 is 0 Å². The molecule has 14 heavy (non-hydrogen) atoms. The van der Waals surface area contributed by atoms with E-state index in [1.165, 1.54) is 0 Å². The first-order chi connectivity index (χ1) is 6.74. The highest BCUT2D eigenvalue weighted by atomic mass is 16.3. The standard InChI is InChI=1S/C10H14N2O2/c11-10(14)9(12-7-13)6-8-4-2-1-3-5-8/h1-5,9,12-13H,6-7H2,(H2,11,14). The van der Waals surface area contributed by atoms with E-state index in [-0.39, 0.29) is 6.73 Å². The molecule has 0 aliphatic carbocycles. The fraction of sp³-hybridized carbons (Fsp3) is 0.300. The van der Waals surface area contributed by atoms with Gasteiger partial charge in [-0.1, -0.05) is 30.3 Å². The Bertz CT molecular complexity index is 287. The van der Waals surface area contributed by atoms with E-state index in [1.807, 2.05) is 30.3 Å². The molecule has 0 radical (unpaired) electrons. The van der Waals surface area contributed by atoms with E-state index < -0.39 is 11.9 Å². The van der Waals surface area contributed by atoms with E-state index in [4.69, 9.17) is 10.8 Å². The lowest BCUT2D eigenvalue weighted by Gasteiger charge is -2.13. The van der Waals surface area contributed by atoms with Gasteiger partial charge in [0.2, 0.25) is 5.91 Å². The van der Waals surface area contributed by atoms with E-state index >= 15 is 0 Å². The van der Waals surface area contributed by atoms with E-state index in [9.17, 15) is 4.79 Å². The van der Waals surface area contributed by atoms with Gasteiger partial charge in [0.15, 0.2) is 0 Å². The Hall–Kier alpha value is -1.39. The molecule has 0 spiro atoms. The third-order valence-electron chi connectivity index (χ3n) is 1.96. The van der Waals surface area contributed by atoms with Crippen LogP contribution in [0.25, 0.3) is 0 Å². The molecule has 4 heteroatoms. The molecule has 1 atom stereocenters. The Morgan fingerprint density at radius 1 is 1.43 bits per heavy atom. The molecule has 0 fully saturated rings. The average Bonchev–Trinajstić information content (AvgIpc) is 2.18. The summed E-state index contributed by atoms with van der Waals surface area (Å²) in [6.45, 7) is -0.250. The number of nitrogens with one attached hydrogen (secondary N) is 1. The highest BCUT2D eigenvalue weighted by molar-refractivity contribution is 5.80. The van der Waals surface area contributed by atoms with Crippen molar-refractivity contribution in [2.24, 2.45) is 5.73 Å². The summed E-state index contributed by atoms with van der Waals surface area (Å²) in [5, 5.41) is 11.3. The Labute approximate surface area is 82.7 Å². The van der Waals surface area contributed by atoms with Crippen molar-refractivity contribution in [3.8, 4) is 0 Å². The number of benzene rings is 1. The van der Waals surface area contributed by atoms with Crippen LogP contribution in [0.5, 0.6) is 0 Å². The van der Waals surface area contributed by atoms with Gasteiger partial charge in [-0.25, -0.2) is 0 Å². The van der Waals surface area contributed by atoms with Crippen LogP contribution in [-0.4, -0.2) is 23.8 Å². The SMILES string of the molecule is NC(=O)C(Cc1ccccc1)NCO. The van der Waals surface area contributed by atoms with Gasteiger partial charge < -0.3 is 10.8 Å². The lowest BCUT2D eigenvalue weighted by molar-refractivity contribution is -0.120. The zero-order valence-corrected chi connectivity index (χ0v) is 7.81. The van der Waals surface area contributed by atoms with Crippen LogP contribution in [0, 0.1) is 0 Å². The summed E-state index contributed by atoms with van der Waals surface area (Å²) >= 11 is 0. The molecule has 76 valence electrons. The van der Waals surface area contributed by atoms with Crippen LogP contribution < -0.4 is 11.1 Å². The van der Waals surface area contributed by atoms with E-state index in [0.29, 0.717) is 6.42 Å². The number of amides is 1. The summed E-state index contributed by atoms with van der Waals surface area (Å²) < 4.78 is 0. The molecule has 0 aliphatic heterocycles. The van der Waals surface area contributed by atoms with Crippen molar-refractivity contribution in [1.82, 2.24) is 5.32 Å². The van der Waals surface area contributed by atoms with Gasteiger partial charge in [-0.3, -0.25) is 10.1 Å². The number of primary amides is 1. The predicted molar refractivity (Wildman–Crippen MR) is 53.3 cm³/mol. The molecular formula is C10H14N2O2. The van der Waals surface area contributed by atoms with Crippen LogP contribution in [0.15, 0.2) is 30.3 Å². The van der Waals surface area contributed by atoms with Gasteiger partial charge in [0.05, 0.1) is 12.8 Å². The Morgan fingerprint density at radius 2 is 2.07 bits per heavy atom. The van der Waals surface area contributed by atoms with E-state index in [2.05, 4.69) is 5.32 Å². The molecule has 0 bridgehead atoms. The second kappa shape index (κ2) is 5.36. The molecule has 1 aromatic rings. The molecule has 1 aromatic carbocycles. The van der Waals surface area contributed by atoms with Gasteiger partial charge in [-0.15, -0.1) is 0 Å². The van der Waals surface area contributed by atoms with Crippen LogP contribution in [0.2, 0.25) is 0 Å². The van der Waals surface area contributed by atoms with Gasteiger partial charge in [0, 0.05) is 0 Å². The Balaban J connectivity index is 2.60. The maximum absolute atomic E-state index is 10.9. The number of nitrogens with two attached hydrogens (primary N) is 1. The highest BCUT2D eigenvalue weighted by Crippen LogP contribution is 2.02. The van der Waals surface area contributed by atoms with E-state index in [0.717, 1.165) is 5.56 Å². The molecule has 4 nitrogen and oxygen atoms in total. The molecular weight excluding hydrogens is 180 g/mol. The van der Waals surface area contributed by atoms with Gasteiger partial charge in [-0.05, 0) is 12.0 Å². The first kappa shape index (κ1) is 10.7. The van der Waals surface area contributed by atoms with Crippen molar-refractivity contribution >= 4 is 5.91 Å². The maximum atomic E-state index is 10.9. The predicted octanol–water partition coefficient (Wildman–Crippen LogP) is -0.378. The molecule has 0 heterocycles. The van der Waals surface area contributed by atoms with Gasteiger partial charge >= 0.3 is 0 Å². The van der Waals surface area contributed by atoms with Crippen molar-refractivity contribution in [3.05, 3.63) is 35.9 Å². The minimum Gasteiger partial charge on any atom is -0.381 e. The summed E-state index contributed by atoms with van der Waals surface area (Å²) in [6.07, 6.45) is 0.497. The number of rotatable bonds is 5. The Kier molecular flexibility index (Phi) is 4.10. The minimum absolute atomic E-state index is 0.250. The summed E-state index contributed by atoms with van der Waals surface area (Å²) in [4.78, 5) is 10.9. The van der Waals surface area contributed by atoms with Crippen LogP contribution in [0.4, 0.5) is 0 Å². The quantitative estimate of drug-likeness (QED) is 0.559. The summed E-state index contributed by atoms with van der Waals surface area (Å²) in [6, 6.07) is 9.01. The second-order valence-corrected chi connectivity index (χ2v) is 3.01.